The molecule has 2 saturated heterocycles. The average molecular weight is 312 g/mol. The fraction of sp³-hybridized carbons (Fsp3) is 0.412. The van der Waals surface area contributed by atoms with Crippen molar-refractivity contribution in [3.8, 4) is 0 Å². The molecule has 2 aliphatic rings. The molecule has 0 unspecified atom stereocenters. The second-order valence-corrected chi connectivity index (χ2v) is 6.18. The van der Waals surface area contributed by atoms with Gasteiger partial charge in [0.2, 0.25) is 0 Å². The Balaban J connectivity index is 1.37. The van der Waals surface area contributed by atoms with Gasteiger partial charge in [0.15, 0.2) is 5.82 Å². The van der Waals surface area contributed by atoms with Gasteiger partial charge in [-0.1, -0.05) is 30.3 Å². The van der Waals surface area contributed by atoms with Gasteiger partial charge in [0.25, 0.3) is 5.91 Å². The van der Waals surface area contributed by atoms with Crippen molar-refractivity contribution in [1.29, 1.82) is 0 Å². The van der Waals surface area contributed by atoms with Crippen LogP contribution in [0.15, 0.2) is 42.7 Å². The molecule has 2 aliphatic heterocycles. The summed E-state index contributed by atoms with van der Waals surface area (Å²) in [4.78, 5) is 21.4. The van der Waals surface area contributed by atoms with Gasteiger partial charge in [-0.15, -0.1) is 0 Å². The minimum atomic E-state index is -0.139. The Morgan fingerprint density at radius 3 is 2.96 bits per heavy atom. The van der Waals surface area contributed by atoms with Crippen LogP contribution in [0.5, 0.6) is 0 Å². The minimum Gasteiger partial charge on any atom is -0.371 e. The number of morpholine rings is 1. The van der Waals surface area contributed by atoms with Gasteiger partial charge in [-0.2, -0.15) is 0 Å². The van der Waals surface area contributed by atoms with Gasteiger partial charge >= 0.3 is 0 Å². The first-order chi connectivity index (χ1) is 11.3. The summed E-state index contributed by atoms with van der Waals surface area (Å²) < 4.78 is 6.03. The molecule has 1 aromatic carbocycles. The van der Waals surface area contributed by atoms with Gasteiger partial charge in [-0.3, -0.25) is 9.69 Å². The summed E-state index contributed by atoms with van der Waals surface area (Å²) in [6.07, 6.45) is 4.29. The van der Waals surface area contributed by atoms with Crippen LogP contribution in [0.3, 0.4) is 0 Å². The van der Waals surface area contributed by atoms with Crippen LogP contribution < -0.4 is 5.32 Å². The maximum atomic E-state index is 12.1. The van der Waals surface area contributed by atoms with Gasteiger partial charge in [-0.05, 0) is 12.0 Å². The second kappa shape index (κ2) is 6.14. The maximum Gasteiger partial charge on any atom is 0.287 e. The third-order valence-electron chi connectivity index (χ3n) is 4.64. The van der Waals surface area contributed by atoms with Gasteiger partial charge < -0.3 is 15.0 Å². The number of fused-ring (bicyclic) bond motifs is 1. The number of aromatic amines is 1. The van der Waals surface area contributed by atoms with E-state index in [4.69, 9.17) is 4.74 Å². The number of amides is 1. The van der Waals surface area contributed by atoms with Crippen molar-refractivity contribution < 1.29 is 9.53 Å². The largest absolute Gasteiger partial charge is 0.371 e. The number of carbonyl (C=O) groups excluding carboxylic acids is 1. The van der Waals surface area contributed by atoms with Crippen molar-refractivity contribution in [2.45, 2.75) is 24.6 Å². The SMILES string of the molecule is O=C(N[C@@H]1C[C@H]2CO[C@@H](c3ccccc3)CN2C1)c1ncc[nH]1. The topological polar surface area (TPSA) is 70.2 Å². The molecule has 3 atom stereocenters. The molecular formula is C17H20N4O2. The number of nitrogens with zero attached hydrogens (tertiary/aromatic N) is 2. The Morgan fingerprint density at radius 2 is 2.17 bits per heavy atom. The average Bonchev–Trinajstić information content (AvgIpc) is 3.24. The minimum absolute atomic E-state index is 0.118. The van der Waals surface area contributed by atoms with Crippen LogP contribution in [0.4, 0.5) is 0 Å². The van der Waals surface area contributed by atoms with E-state index in [0.29, 0.717) is 18.5 Å². The number of carbonyl (C=O) groups is 1. The first-order valence-electron chi connectivity index (χ1n) is 8.00. The standard InChI is InChI=1S/C17H20N4O2/c22-17(16-18-6-7-19-16)20-13-8-14-11-23-15(10-21(14)9-13)12-4-2-1-3-5-12/h1-7,13-15H,8-11H2,(H,18,19)(H,20,22)/t13-,14+,15-/m1/s1. The molecule has 2 fully saturated rings. The second-order valence-electron chi connectivity index (χ2n) is 6.18. The summed E-state index contributed by atoms with van der Waals surface area (Å²) in [7, 11) is 0. The van der Waals surface area contributed by atoms with Crippen LogP contribution in [-0.2, 0) is 4.74 Å². The van der Waals surface area contributed by atoms with E-state index in [1.165, 1.54) is 5.56 Å². The predicted molar refractivity (Wildman–Crippen MR) is 85.0 cm³/mol. The van der Waals surface area contributed by atoms with Gasteiger partial charge in [-0.25, -0.2) is 4.98 Å². The van der Waals surface area contributed by atoms with E-state index in [1.807, 2.05) is 18.2 Å². The Bertz CT molecular complexity index is 658. The Labute approximate surface area is 134 Å². The first-order valence-corrected chi connectivity index (χ1v) is 8.00. The lowest BCUT2D eigenvalue weighted by Gasteiger charge is -2.35. The number of H-pyrrole nitrogens is 1. The van der Waals surface area contributed by atoms with Crippen LogP contribution in [0, 0.1) is 0 Å². The Hall–Kier alpha value is -2.18. The molecule has 0 spiro atoms. The van der Waals surface area contributed by atoms with Crippen molar-refractivity contribution >= 4 is 5.91 Å². The molecule has 6 nitrogen and oxygen atoms in total. The molecule has 120 valence electrons. The number of hydrogen-bond donors (Lipinski definition) is 2. The van der Waals surface area contributed by atoms with Crippen molar-refractivity contribution in [2.24, 2.45) is 0 Å². The van der Waals surface area contributed by atoms with Gasteiger partial charge in [0.05, 0.1) is 12.7 Å². The summed E-state index contributed by atoms with van der Waals surface area (Å²) in [6, 6.07) is 10.9. The molecule has 1 aromatic heterocycles. The number of aromatic nitrogens is 2. The highest BCUT2D eigenvalue weighted by atomic mass is 16.5. The van der Waals surface area contributed by atoms with E-state index in [0.717, 1.165) is 19.5 Å². The highest BCUT2D eigenvalue weighted by Crippen LogP contribution is 2.30. The lowest BCUT2D eigenvalue weighted by Crippen LogP contribution is -2.43. The third kappa shape index (κ3) is 3.00. The smallest absolute Gasteiger partial charge is 0.287 e. The quantitative estimate of drug-likeness (QED) is 0.898. The summed E-state index contributed by atoms with van der Waals surface area (Å²) >= 11 is 0. The molecule has 4 rings (SSSR count). The lowest BCUT2D eigenvalue weighted by atomic mass is 10.1. The first kappa shape index (κ1) is 14.4. The molecule has 23 heavy (non-hydrogen) atoms. The number of imidazole rings is 1. The molecule has 6 heteroatoms. The zero-order valence-electron chi connectivity index (χ0n) is 12.8. The summed E-state index contributed by atoms with van der Waals surface area (Å²) in [5, 5.41) is 3.06. The van der Waals surface area contributed by atoms with Gasteiger partial charge in [0, 0.05) is 37.6 Å². The Morgan fingerprint density at radius 1 is 1.30 bits per heavy atom. The third-order valence-corrected chi connectivity index (χ3v) is 4.64. The lowest BCUT2D eigenvalue weighted by molar-refractivity contribution is -0.0502. The van der Waals surface area contributed by atoms with E-state index >= 15 is 0 Å². The highest BCUT2D eigenvalue weighted by Gasteiger charge is 2.38. The molecular weight excluding hydrogens is 292 g/mol. The predicted octanol–water partition coefficient (Wildman–Crippen LogP) is 1.35. The number of hydrogen-bond acceptors (Lipinski definition) is 4. The van der Waals surface area contributed by atoms with Crippen LogP contribution in [0.1, 0.15) is 28.7 Å². The van der Waals surface area contributed by atoms with Crippen molar-refractivity contribution in [2.75, 3.05) is 19.7 Å². The molecule has 3 heterocycles. The molecule has 0 aliphatic carbocycles. The van der Waals surface area contributed by atoms with Crippen LogP contribution in [-0.4, -0.2) is 52.6 Å². The normalized spacial score (nSPS) is 27.6. The van der Waals surface area contributed by atoms with Crippen molar-refractivity contribution in [3.63, 3.8) is 0 Å². The summed E-state index contributed by atoms with van der Waals surface area (Å²) in [6.45, 7) is 2.46. The number of benzene rings is 1. The Kier molecular flexibility index (Phi) is 3.85. The maximum absolute atomic E-state index is 12.1. The monoisotopic (exact) mass is 312 g/mol. The van der Waals surface area contributed by atoms with Crippen LogP contribution in [0.25, 0.3) is 0 Å². The number of ether oxygens (including phenoxy) is 1. The molecule has 0 radical (unpaired) electrons. The fourth-order valence-corrected chi connectivity index (χ4v) is 3.49. The zero-order chi connectivity index (χ0) is 15.6. The van der Waals surface area contributed by atoms with Crippen molar-refractivity contribution in [1.82, 2.24) is 20.2 Å². The molecule has 2 N–H and O–H groups in total. The summed E-state index contributed by atoms with van der Waals surface area (Å²) in [5.74, 6) is 0.230. The molecule has 0 saturated carbocycles. The van der Waals surface area contributed by atoms with Crippen molar-refractivity contribution in [3.05, 3.63) is 54.1 Å². The number of rotatable bonds is 3. The van der Waals surface area contributed by atoms with E-state index < -0.39 is 0 Å². The number of nitrogens with one attached hydrogen (secondary N) is 2. The zero-order valence-corrected chi connectivity index (χ0v) is 12.8. The fourth-order valence-electron chi connectivity index (χ4n) is 3.49. The van der Waals surface area contributed by atoms with E-state index in [1.54, 1.807) is 12.4 Å². The van der Waals surface area contributed by atoms with E-state index in [2.05, 4.69) is 32.3 Å². The van der Waals surface area contributed by atoms with Gasteiger partial charge in [0.1, 0.15) is 0 Å². The molecule has 2 aromatic rings. The molecule has 0 bridgehead atoms. The van der Waals surface area contributed by atoms with E-state index in [-0.39, 0.29) is 18.1 Å². The van der Waals surface area contributed by atoms with E-state index in [9.17, 15) is 4.79 Å². The van der Waals surface area contributed by atoms with Crippen LogP contribution >= 0.6 is 0 Å². The van der Waals surface area contributed by atoms with Crippen LogP contribution in [0.2, 0.25) is 0 Å². The summed E-state index contributed by atoms with van der Waals surface area (Å²) in [5.41, 5.74) is 1.22. The molecule has 1 amide bonds. The highest BCUT2D eigenvalue weighted by molar-refractivity contribution is 5.90.